The summed E-state index contributed by atoms with van der Waals surface area (Å²) >= 11 is 1.50. The molecule has 0 saturated carbocycles. The van der Waals surface area contributed by atoms with Gasteiger partial charge in [0.25, 0.3) is 0 Å². The van der Waals surface area contributed by atoms with Crippen molar-refractivity contribution in [1.82, 2.24) is 14.4 Å². The smallest absolute Gasteiger partial charge is 0.246 e. The van der Waals surface area contributed by atoms with E-state index in [-0.39, 0.29) is 29.4 Å². The van der Waals surface area contributed by atoms with Crippen LogP contribution in [0, 0.1) is 0 Å². The van der Waals surface area contributed by atoms with E-state index >= 15 is 0 Å². The lowest BCUT2D eigenvalue weighted by molar-refractivity contribution is -0.116. The first kappa shape index (κ1) is 22.4. The Balaban J connectivity index is 1.42. The van der Waals surface area contributed by atoms with Gasteiger partial charge in [-0.05, 0) is 42.5 Å². The summed E-state index contributed by atoms with van der Waals surface area (Å²) in [5, 5.41) is 8.60. The number of ether oxygens (including phenoxy) is 1. The van der Waals surface area contributed by atoms with Crippen molar-refractivity contribution in [1.29, 1.82) is 0 Å². The molecule has 0 radical (unpaired) electrons. The minimum atomic E-state index is -3.71. The van der Waals surface area contributed by atoms with Gasteiger partial charge in [0.15, 0.2) is 0 Å². The van der Waals surface area contributed by atoms with Crippen LogP contribution in [-0.2, 0) is 21.2 Å². The monoisotopic (exact) mass is 476 g/mol. The van der Waals surface area contributed by atoms with Gasteiger partial charge in [-0.15, -0.1) is 11.3 Å². The summed E-state index contributed by atoms with van der Waals surface area (Å²) in [5.74, 6) is 0.831. The van der Waals surface area contributed by atoms with Gasteiger partial charge in [-0.25, -0.2) is 8.42 Å². The zero-order valence-electron chi connectivity index (χ0n) is 17.6. The van der Waals surface area contributed by atoms with E-state index in [9.17, 15) is 13.2 Å². The summed E-state index contributed by atoms with van der Waals surface area (Å²) in [6.45, 7) is 0.972. The van der Waals surface area contributed by atoms with Crippen molar-refractivity contribution in [2.24, 2.45) is 0 Å². The molecule has 0 bridgehead atoms. The Kier molecular flexibility index (Phi) is 6.87. The summed E-state index contributed by atoms with van der Waals surface area (Å²) in [4.78, 5) is 17.7. The minimum Gasteiger partial charge on any atom is -0.495 e. The number of benzene rings is 1. The van der Waals surface area contributed by atoms with Crippen LogP contribution in [0.1, 0.15) is 31.6 Å². The molecule has 0 aliphatic carbocycles. The molecule has 3 aromatic rings. The Morgan fingerprint density at radius 3 is 2.78 bits per heavy atom. The fourth-order valence-electron chi connectivity index (χ4n) is 3.51. The Morgan fingerprint density at radius 2 is 2.06 bits per heavy atom. The van der Waals surface area contributed by atoms with Crippen LogP contribution in [0.5, 0.6) is 5.75 Å². The first-order valence-corrected chi connectivity index (χ1v) is 12.6. The molecule has 1 aliphatic rings. The molecular formula is C21H24N4O5S2. The van der Waals surface area contributed by atoms with Gasteiger partial charge in [0.1, 0.15) is 10.6 Å². The summed E-state index contributed by atoms with van der Waals surface area (Å²) < 4.78 is 38.2. The lowest BCUT2D eigenvalue weighted by atomic mass is 10.2. The van der Waals surface area contributed by atoms with Crippen molar-refractivity contribution in [3.8, 4) is 16.5 Å². The Labute approximate surface area is 190 Å². The van der Waals surface area contributed by atoms with Gasteiger partial charge in [-0.1, -0.05) is 17.6 Å². The maximum atomic E-state index is 13.1. The first-order valence-electron chi connectivity index (χ1n) is 10.3. The number of carbonyl (C=O) groups is 1. The van der Waals surface area contributed by atoms with Crippen molar-refractivity contribution in [3.05, 3.63) is 41.6 Å². The van der Waals surface area contributed by atoms with Crippen LogP contribution in [0.4, 0.5) is 5.69 Å². The van der Waals surface area contributed by atoms with Crippen LogP contribution >= 0.6 is 11.3 Å². The summed E-state index contributed by atoms with van der Waals surface area (Å²) in [7, 11) is -2.28. The molecule has 1 aliphatic heterocycles. The first-order chi connectivity index (χ1) is 15.5. The molecule has 32 heavy (non-hydrogen) atoms. The number of aryl methyl sites for hydroxylation is 1. The van der Waals surface area contributed by atoms with E-state index < -0.39 is 10.0 Å². The second kappa shape index (κ2) is 9.80. The number of hydrogen-bond donors (Lipinski definition) is 1. The number of amides is 1. The summed E-state index contributed by atoms with van der Waals surface area (Å²) in [6.07, 6.45) is 3.09. The highest BCUT2D eigenvalue weighted by Crippen LogP contribution is 2.31. The normalized spacial score (nSPS) is 14.9. The van der Waals surface area contributed by atoms with Crippen molar-refractivity contribution in [2.75, 3.05) is 25.5 Å². The number of nitrogens with one attached hydrogen (secondary N) is 1. The molecule has 11 heteroatoms. The number of nitrogens with zero attached hydrogens (tertiary/aromatic N) is 3. The third kappa shape index (κ3) is 5.00. The van der Waals surface area contributed by atoms with Crippen LogP contribution in [0.25, 0.3) is 10.7 Å². The Hall–Kier alpha value is -2.76. The van der Waals surface area contributed by atoms with Gasteiger partial charge in [-0.2, -0.15) is 9.29 Å². The fourth-order valence-corrected chi connectivity index (χ4v) is 5.85. The van der Waals surface area contributed by atoms with E-state index in [0.717, 1.165) is 24.1 Å². The topological polar surface area (TPSA) is 115 Å². The number of methoxy groups -OCH3 is 1. The SMILES string of the molecule is COc1ccc(NC(=O)CCc2nc(-c3cccs3)no2)cc1S(=O)(=O)N1CCCCC1. The highest BCUT2D eigenvalue weighted by Gasteiger charge is 2.29. The average molecular weight is 477 g/mol. The van der Waals surface area contributed by atoms with Crippen molar-refractivity contribution >= 4 is 33.0 Å². The number of thiophene rings is 1. The van der Waals surface area contributed by atoms with E-state index in [1.165, 1.54) is 28.8 Å². The van der Waals surface area contributed by atoms with E-state index in [1.54, 1.807) is 12.1 Å². The van der Waals surface area contributed by atoms with Crippen molar-refractivity contribution in [2.45, 2.75) is 37.0 Å². The lowest BCUT2D eigenvalue weighted by Crippen LogP contribution is -2.35. The number of piperidine rings is 1. The van der Waals surface area contributed by atoms with Gasteiger partial charge >= 0.3 is 0 Å². The molecule has 1 fully saturated rings. The maximum absolute atomic E-state index is 13.1. The average Bonchev–Trinajstić information content (AvgIpc) is 3.50. The Morgan fingerprint density at radius 1 is 1.25 bits per heavy atom. The second-order valence-electron chi connectivity index (χ2n) is 7.37. The third-order valence-electron chi connectivity index (χ3n) is 5.16. The van der Waals surface area contributed by atoms with Gasteiger partial charge in [-0.3, -0.25) is 4.79 Å². The third-order valence-corrected chi connectivity index (χ3v) is 7.94. The highest BCUT2D eigenvalue weighted by atomic mass is 32.2. The van der Waals surface area contributed by atoms with Crippen molar-refractivity contribution in [3.63, 3.8) is 0 Å². The zero-order valence-corrected chi connectivity index (χ0v) is 19.2. The standard InChI is InChI=1S/C21H24N4O5S2/c1-29-16-8-7-15(14-18(16)32(27,28)25-11-3-2-4-12-25)22-19(26)9-10-20-23-21(24-30-20)17-6-5-13-31-17/h5-8,13-14H,2-4,9-12H2,1H3,(H,22,26). The molecule has 1 N–H and O–H groups in total. The Bertz CT molecular complexity index is 1170. The molecule has 1 aromatic carbocycles. The molecule has 0 spiro atoms. The molecule has 0 unspecified atom stereocenters. The van der Waals surface area contributed by atoms with Crippen LogP contribution < -0.4 is 10.1 Å². The lowest BCUT2D eigenvalue weighted by Gasteiger charge is -2.26. The van der Waals surface area contributed by atoms with Crippen LogP contribution in [-0.4, -0.2) is 49.0 Å². The summed E-state index contributed by atoms with van der Waals surface area (Å²) in [5.41, 5.74) is 0.385. The maximum Gasteiger partial charge on any atom is 0.246 e. The number of rotatable bonds is 8. The van der Waals surface area contributed by atoms with E-state index in [1.807, 2.05) is 17.5 Å². The number of hydrogen-bond acceptors (Lipinski definition) is 8. The molecule has 1 saturated heterocycles. The van der Waals surface area contributed by atoms with Gasteiger partial charge in [0.2, 0.25) is 27.6 Å². The second-order valence-corrected chi connectivity index (χ2v) is 10.2. The van der Waals surface area contributed by atoms with E-state index in [0.29, 0.717) is 30.5 Å². The van der Waals surface area contributed by atoms with Gasteiger partial charge in [0.05, 0.1) is 12.0 Å². The zero-order chi connectivity index (χ0) is 22.6. The predicted octanol–water partition coefficient (Wildman–Crippen LogP) is 3.55. The predicted molar refractivity (Wildman–Crippen MR) is 120 cm³/mol. The van der Waals surface area contributed by atoms with Gasteiger partial charge < -0.3 is 14.6 Å². The molecule has 0 atom stereocenters. The van der Waals surface area contributed by atoms with E-state index in [4.69, 9.17) is 9.26 Å². The number of carbonyl (C=O) groups excluding carboxylic acids is 1. The molecule has 4 rings (SSSR count). The van der Waals surface area contributed by atoms with Crippen LogP contribution in [0.15, 0.2) is 45.1 Å². The largest absolute Gasteiger partial charge is 0.495 e. The van der Waals surface area contributed by atoms with Crippen LogP contribution in [0.3, 0.4) is 0 Å². The quantitative estimate of drug-likeness (QED) is 0.529. The number of aromatic nitrogens is 2. The molecule has 170 valence electrons. The number of anilines is 1. The van der Waals surface area contributed by atoms with Crippen molar-refractivity contribution < 1.29 is 22.5 Å². The molecule has 2 aromatic heterocycles. The molecule has 3 heterocycles. The summed E-state index contributed by atoms with van der Waals surface area (Å²) in [6, 6.07) is 8.41. The van der Waals surface area contributed by atoms with Crippen LogP contribution in [0.2, 0.25) is 0 Å². The fraction of sp³-hybridized carbons (Fsp3) is 0.381. The molecule has 9 nitrogen and oxygen atoms in total. The van der Waals surface area contributed by atoms with E-state index in [2.05, 4.69) is 15.5 Å². The molecular weight excluding hydrogens is 452 g/mol. The highest BCUT2D eigenvalue weighted by molar-refractivity contribution is 7.89. The molecule has 1 amide bonds. The minimum absolute atomic E-state index is 0.0530. The number of sulfonamides is 1. The van der Waals surface area contributed by atoms with Gasteiger partial charge in [0, 0.05) is 31.6 Å².